The average Bonchev–Trinajstić information content (AvgIpc) is 3.70. The summed E-state index contributed by atoms with van der Waals surface area (Å²) in [6.07, 6.45) is 4.98. The third-order valence-electron chi connectivity index (χ3n) is 7.17. The number of thioether (sulfide) groups is 1. The van der Waals surface area contributed by atoms with E-state index in [-0.39, 0.29) is 36.2 Å². The number of sulfonamides is 1. The Morgan fingerprint density at radius 1 is 1.15 bits per heavy atom. The molecule has 2 aromatic heterocycles. The lowest BCUT2D eigenvalue weighted by molar-refractivity contribution is -0.143. The predicted octanol–water partition coefficient (Wildman–Crippen LogP) is 1.37. The maximum absolute atomic E-state index is 13.2. The minimum Gasteiger partial charge on any atom is -0.350 e. The number of carbonyl (C=O) groups excluding carboxylic acids is 3. The molecule has 2 saturated heterocycles. The Labute approximate surface area is 250 Å². The number of thiophene rings is 1. The van der Waals surface area contributed by atoms with E-state index in [1.165, 1.54) is 44.8 Å². The number of halogens is 1. The Morgan fingerprint density at radius 3 is 2.73 bits per heavy atom. The number of fused-ring (bicyclic) bond motifs is 1. The molecule has 3 aliphatic heterocycles. The number of hydrogen-bond donors (Lipinski definition) is 2. The fourth-order valence-corrected chi connectivity index (χ4v) is 8.11. The van der Waals surface area contributed by atoms with E-state index >= 15 is 0 Å². The summed E-state index contributed by atoms with van der Waals surface area (Å²) in [5, 5.41) is 4.37. The number of rotatable bonds is 9. The molecule has 5 heterocycles. The number of nitrogens with zero attached hydrogens (tertiary/aromatic N) is 4. The topological polar surface area (TPSA) is 151 Å². The summed E-state index contributed by atoms with van der Waals surface area (Å²) in [5.41, 5.74) is -0.411. The van der Waals surface area contributed by atoms with Crippen LogP contribution in [-0.2, 0) is 26.2 Å². The van der Waals surface area contributed by atoms with Crippen LogP contribution in [0.1, 0.15) is 40.9 Å². The third kappa shape index (κ3) is 7.02. The average molecular weight is 641 g/mol. The summed E-state index contributed by atoms with van der Waals surface area (Å²) >= 11 is 8.58. The molecule has 41 heavy (non-hydrogen) atoms. The molecule has 0 unspecified atom stereocenters. The Hall–Kier alpha value is -2.72. The molecule has 3 aliphatic rings. The van der Waals surface area contributed by atoms with Gasteiger partial charge in [-0.2, -0.15) is 4.72 Å². The second-order valence-corrected chi connectivity index (χ2v) is 14.3. The van der Waals surface area contributed by atoms with Crippen molar-refractivity contribution in [3.63, 3.8) is 0 Å². The summed E-state index contributed by atoms with van der Waals surface area (Å²) in [7, 11) is -3.90. The van der Waals surface area contributed by atoms with Crippen molar-refractivity contribution in [2.75, 3.05) is 31.9 Å². The van der Waals surface area contributed by atoms with E-state index in [1.54, 1.807) is 17.0 Å². The highest BCUT2D eigenvalue weighted by atomic mass is 35.5. The number of piperidine rings is 1. The number of aromatic nitrogens is 2. The first kappa shape index (κ1) is 29.8. The van der Waals surface area contributed by atoms with E-state index in [0.29, 0.717) is 53.3 Å². The molecule has 2 N–H and O–H groups in total. The van der Waals surface area contributed by atoms with E-state index in [1.807, 2.05) is 0 Å². The van der Waals surface area contributed by atoms with Crippen molar-refractivity contribution in [2.24, 2.45) is 0 Å². The second kappa shape index (κ2) is 12.7. The predicted molar refractivity (Wildman–Crippen MR) is 156 cm³/mol. The zero-order chi connectivity index (χ0) is 29.1. The minimum absolute atomic E-state index is 0.0337. The highest BCUT2D eigenvalue weighted by Crippen LogP contribution is 2.23. The fraction of sp³-hybridized carbons (Fsp3) is 0.480. The second-order valence-electron chi connectivity index (χ2n) is 9.92. The van der Waals surface area contributed by atoms with Gasteiger partial charge in [-0.1, -0.05) is 23.4 Å². The van der Waals surface area contributed by atoms with E-state index in [4.69, 9.17) is 11.6 Å². The van der Waals surface area contributed by atoms with Crippen LogP contribution in [0, 0.1) is 0 Å². The van der Waals surface area contributed by atoms with Crippen LogP contribution in [-0.4, -0.2) is 89.5 Å². The van der Waals surface area contributed by atoms with Crippen molar-refractivity contribution in [1.29, 1.82) is 0 Å². The molecule has 12 nitrogen and oxygen atoms in total. The Balaban J connectivity index is 1.15. The standard InChI is InChI=1S/C25H29ClN6O6S3/c26-20-6-5-17(40-20)7-12-41(37,38)29-19-4-2-8-30(24(19)36)15-21(33)31-9-1-3-16(31)13-27-22(34)18-14-28-25-32(23(18)35)10-11-39-25/h5-7,12,14,16,19,29H,1-4,8-11,13,15H2,(H,27,34)/b12-7+/t16-,19-/m0/s1. The molecule has 220 valence electrons. The lowest BCUT2D eigenvalue weighted by Gasteiger charge is -2.34. The van der Waals surface area contributed by atoms with Gasteiger partial charge in [0.1, 0.15) is 11.6 Å². The molecule has 2 aromatic rings. The van der Waals surface area contributed by atoms with Crippen molar-refractivity contribution in [3.8, 4) is 0 Å². The van der Waals surface area contributed by atoms with Gasteiger partial charge >= 0.3 is 0 Å². The van der Waals surface area contributed by atoms with Crippen LogP contribution in [0.5, 0.6) is 0 Å². The minimum atomic E-state index is -3.90. The summed E-state index contributed by atoms with van der Waals surface area (Å²) in [4.78, 5) is 59.6. The number of likely N-dealkylation sites (tertiary alicyclic amines) is 2. The maximum Gasteiger partial charge on any atom is 0.267 e. The van der Waals surface area contributed by atoms with Gasteiger partial charge in [-0.05, 0) is 43.9 Å². The zero-order valence-corrected chi connectivity index (χ0v) is 25.2. The molecule has 2 atom stereocenters. The number of nitrogens with one attached hydrogen (secondary N) is 2. The van der Waals surface area contributed by atoms with Gasteiger partial charge in [0, 0.05) is 54.5 Å². The van der Waals surface area contributed by atoms with Gasteiger partial charge in [0.15, 0.2) is 5.16 Å². The monoisotopic (exact) mass is 640 g/mol. The van der Waals surface area contributed by atoms with Crippen molar-refractivity contribution < 1.29 is 22.8 Å². The van der Waals surface area contributed by atoms with Gasteiger partial charge < -0.3 is 15.1 Å². The summed E-state index contributed by atoms with van der Waals surface area (Å²) < 4.78 is 29.6. The van der Waals surface area contributed by atoms with Crippen LogP contribution in [0.25, 0.3) is 6.08 Å². The fourth-order valence-electron chi connectivity index (χ4n) is 5.13. The van der Waals surface area contributed by atoms with Gasteiger partial charge in [-0.3, -0.25) is 23.7 Å². The number of hydrogen-bond acceptors (Lipinski definition) is 9. The van der Waals surface area contributed by atoms with E-state index in [9.17, 15) is 27.6 Å². The zero-order valence-electron chi connectivity index (χ0n) is 22.0. The van der Waals surface area contributed by atoms with E-state index in [2.05, 4.69) is 15.0 Å². The molecule has 16 heteroatoms. The van der Waals surface area contributed by atoms with Crippen LogP contribution >= 0.6 is 34.7 Å². The van der Waals surface area contributed by atoms with Crippen molar-refractivity contribution in [3.05, 3.63) is 48.9 Å². The molecule has 2 fully saturated rings. The van der Waals surface area contributed by atoms with Crippen LogP contribution in [0.4, 0.5) is 0 Å². The van der Waals surface area contributed by atoms with Gasteiger partial charge in [0.05, 0.1) is 10.9 Å². The lowest BCUT2D eigenvalue weighted by atomic mass is 10.1. The third-order valence-corrected chi connectivity index (χ3v) is 10.4. The van der Waals surface area contributed by atoms with Crippen molar-refractivity contribution >= 4 is 68.5 Å². The molecule has 0 saturated carbocycles. The quantitative estimate of drug-likeness (QED) is 0.390. The number of amides is 3. The normalized spacial score (nSPS) is 21.0. The van der Waals surface area contributed by atoms with Gasteiger partial charge in [-0.25, -0.2) is 13.4 Å². The molecule has 0 aliphatic carbocycles. The summed E-state index contributed by atoms with van der Waals surface area (Å²) in [6, 6.07) is 2.11. The van der Waals surface area contributed by atoms with Crippen molar-refractivity contribution in [1.82, 2.24) is 29.4 Å². The smallest absolute Gasteiger partial charge is 0.267 e. The van der Waals surface area contributed by atoms with Crippen LogP contribution in [0.15, 0.2) is 33.7 Å². The van der Waals surface area contributed by atoms with Crippen LogP contribution in [0.3, 0.4) is 0 Å². The molecule has 0 spiro atoms. The first-order valence-corrected chi connectivity index (χ1v) is 16.9. The first-order valence-electron chi connectivity index (χ1n) is 13.2. The molecule has 0 bridgehead atoms. The molecule has 0 radical (unpaired) electrons. The SMILES string of the molecule is O=C(NC[C@@H]1CCCN1C(=O)CN1CCC[C@H](NS(=O)(=O)/C=C/c2ccc(Cl)s2)C1=O)c1cnc2n(c1=O)CCS2. The Morgan fingerprint density at radius 2 is 1.95 bits per heavy atom. The molecular formula is C25H29ClN6O6S3. The van der Waals surface area contributed by atoms with Gasteiger partial charge in [0.25, 0.3) is 11.5 Å². The molecule has 5 rings (SSSR count). The maximum atomic E-state index is 13.2. The number of carbonyl (C=O) groups is 3. The first-order chi connectivity index (χ1) is 19.6. The van der Waals surface area contributed by atoms with E-state index in [0.717, 1.165) is 17.6 Å². The van der Waals surface area contributed by atoms with Gasteiger partial charge in [0.2, 0.25) is 21.8 Å². The highest BCUT2D eigenvalue weighted by molar-refractivity contribution is 7.99. The summed E-state index contributed by atoms with van der Waals surface area (Å²) in [6.45, 7) is 1.32. The Kier molecular flexibility index (Phi) is 9.18. The van der Waals surface area contributed by atoms with E-state index < -0.39 is 27.9 Å². The van der Waals surface area contributed by atoms with Gasteiger partial charge in [-0.15, -0.1) is 11.3 Å². The Bertz CT molecular complexity index is 1540. The molecule has 0 aromatic carbocycles. The van der Waals surface area contributed by atoms with Crippen LogP contribution < -0.4 is 15.6 Å². The molecular weight excluding hydrogens is 612 g/mol. The van der Waals surface area contributed by atoms with Crippen LogP contribution in [0.2, 0.25) is 4.34 Å². The largest absolute Gasteiger partial charge is 0.350 e. The lowest BCUT2D eigenvalue weighted by Crippen LogP contribution is -2.55. The molecule has 3 amide bonds. The van der Waals surface area contributed by atoms with Crippen molar-refractivity contribution in [2.45, 2.75) is 49.5 Å². The summed E-state index contributed by atoms with van der Waals surface area (Å²) in [5.74, 6) is -0.524. The highest BCUT2D eigenvalue weighted by Gasteiger charge is 2.35.